The van der Waals surface area contributed by atoms with Crippen molar-refractivity contribution in [2.45, 2.75) is 13.5 Å². The number of fused-ring (bicyclic) bond motifs is 1. The number of hydrogen-bond acceptors (Lipinski definition) is 3. The van der Waals surface area contributed by atoms with Gasteiger partial charge >= 0.3 is 5.97 Å². The highest BCUT2D eigenvalue weighted by atomic mass is 16.5. The number of ether oxygens (including phenoxy) is 2. The lowest BCUT2D eigenvalue weighted by molar-refractivity contribution is -0.137. The monoisotopic (exact) mass is 325 g/mol. The molecule has 0 aliphatic rings. The molecule has 24 heavy (non-hydrogen) atoms. The third-order valence-corrected chi connectivity index (χ3v) is 4.18. The van der Waals surface area contributed by atoms with Gasteiger partial charge in [-0.15, -0.1) is 0 Å². The fourth-order valence-corrected chi connectivity index (χ4v) is 3.05. The summed E-state index contributed by atoms with van der Waals surface area (Å²) in [5.74, 6) is 0.580. The molecule has 0 amide bonds. The summed E-state index contributed by atoms with van der Waals surface area (Å²) in [5, 5.41) is 10.4. The van der Waals surface area contributed by atoms with E-state index in [0.29, 0.717) is 5.75 Å². The largest absolute Gasteiger partial charge is 0.497 e. The van der Waals surface area contributed by atoms with Crippen LogP contribution in [0.2, 0.25) is 0 Å². The van der Waals surface area contributed by atoms with Crippen LogP contribution >= 0.6 is 0 Å². The molecule has 3 rings (SSSR count). The molecular formula is C19H19NO4. The van der Waals surface area contributed by atoms with Gasteiger partial charge in [0.2, 0.25) is 0 Å². The minimum Gasteiger partial charge on any atom is -0.497 e. The Labute approximate surface area is 140 Å². The SMILES string of the molecule is COc1ccc(-c2c(C)c3ccc(OC)cc3n2CC(=O)O)cc1. The standard InChI is InChI=1S/C19H19NO4/c1-12-16-9-8-15(24-3)10-17(16)20(11-18(21)22)19(12)13-4-6-14(23-2)7-5-13/h4-10H,11H2,1-3H3,(H,21,22). The molecule has 2 aromatic carbocycles. The van der Waals surface area contributed by atoms with Gasteiger partial charge in [0.1, 0.15) is 18.0 Å². The normalized spacial score (nSPS) is 10.8. The van der Waals surface area contributed by atoms with Gasteiger partial charge in [0.15, 0.2) is 0 Å². The molecule has 0 fully saturated rings. The Hall–Kier alpha value is -2.95. The van der Waals surface area contributed by atoms with Crippen molar-refractivity contribution < 1.29 is 19.4 Å². The van der Waals surface area contributed by atoms with Gasteiger partial charge in [-0.3, -0.25) is 4.79 Å². The number of nitrogens with zero attached hydrogens (tertiary/aromatic N) is 1. The second-order valence-corrected chi connectivity index (χ2v) is 5.57. The highest BCUT2D eigenvalue weighted by molar-refractivity contribution is 5.93. The lowest BCUT2D eigenvalue weighted by atomic mass is 10.1. The van der Waals surface area contributed by atoms with E-state index in [1.165, 1.54) is 0 Å². The summed E-state index contributed by atoms with van der Waals surface area (Å²) >= 11 is 0. The van der Waals surface area contributed by atoms with E-state index in [4.69, 9.17) is 9.47 Å². The van der Waals surface area contributed by atoms with Crippen LogP contribution in [-0.2, 0) is 11.3 Å². The molecule has 5 heteroatoms. The first-order valence-corrected chi connectivity index (χ1v) is 7.58. The third kappa shape index (κ3) is 2.69. The summed E-state index contributed by atoms with van der Waals surface area (Å²) in [4.78, 5) is 11.4. The van der Waals surface area contributed by atoms with E-state index in [1.54, 1.807) is 14.2 Å². The van der Waals surface area contributed by atoms with Crippen molar-refractivity contribution in [1.82, 2.24) is 4.57 Å². The number of carboxylic acids is 1. The summed E-state index contributed by atoms with van der Waals surface area (Å²) in [6, 6.07) is 13.4. The molecule has 0 saturated carbocycles. The molecule has 1 aromatic heterocycles. The molecule has 1 heterocycles. The topological polar surface area (TPSA) is 60.7 Å². The summed E-state index contributed by atoms with van der Waals surface area (Å²) in [5.41, 5.74) is 3.73. The fraction of sp³-hybridized carbons (Fsp3) is 0.211. The van der Waals surface area contributed by atoms with E-state index >= 15 is 0 Å². The zero-order valence-electron chi connectivity index (χ0n) is 13.9. The van der Waals surface area contributed by atoms with E-state index in [2.05, 4.69) is 0 Å². The Morgan fingerprint density at radius 1 is 1.04 bits per heavy atom. The van der Waals surface area contributed by atoms with Crippen molar-refractivity contribution in [2.75, 3.05) is 14.2 Å². The van der Waals surface area contributed by atoms with Gasteiger partial charge < -0.3 is 19.1 Å². The molecule has 0 radical (unpaired) electrons. The van der Waals surface area contributed by atoms with Gasteiger partial charge in [-0.25, -0.2) is 0 Å². The van der Waals surface area contributed by atoms with E-state index in [1.807, 2.05) is 54.0 Å². The Balaban J connectivity index is 2.27. The molecular weight excluding hydrogens is 306 g/mol. The molecule has 0 saturated heterocycles. The van der Waals surface area contributed by atoms with Crippen LogP contribution in [0.5, 0.6) is 11.5 Å². The average molecular weight is 325 g/mol. The predicted octanol–water partition coefficient (Wildman–Crippen LogP) is 3.72. The van der Waals surface area contributed by atoms with Crippen LogP contribution in [-0.4, -0.2) is 29.9 Å². The Kier molecular flexibility index (Phi) is 4.16. The van der Waals surface area contributed by atoms with Gasteiger partial charge in [-0.2, -0.15) is 0 Å². The van der Waals surface area contributed by atoms with Gasteiger partial charge in [0.25, 0.3) is 0 Å². The van der Waals surface area contributed by atoms with Crippen LogP contribution < -0.4 is 9.47 Å². The van der Waals surface area contributed by atoms with Crippen molar-refractivity contribution in [1.29, 1.82) is 0 Å². The maximum Gasteiger partial charge on any atom is 0.323 e. The van der Waals surface area contributed by atoms with E-state index in [0.717, 1.165) is 33.5 Å². The lowest BCUT2D eigenvalue weighted by Crippen LogP contribution is -2.10. The molecule has 5 nitrogen and oxygen atoms in total. The minimum atomic E-state index is -0.885. The fourth-order valence-electron chi connectivity index (χ4n) is 3.05. The summed E-state index contributed by atoms with van der Waals surface area (Å²) in [6.45, 7) is 1.89. The molecule has 1 N–H and O–H groups in total. The van der Waals surface area contributed by atoms with Gasteiger partial charge in [0.05, 0.1) is 25.4 Å². The molecule has 0 spiro atoms. The lowest BCUT2D eigenvalue weighted by Gasteiger charge is -2.10. The molecule has 0 atom stereocenters. The van der Waals surface area contributed by atoms with Crippen molar-refractivity contribution in [3.05, 3.63) is 48.0 Å². The van der Waals surface area contributed by atoms with E-state index in [-0.39, 0.29) is 6.54 Å². The van der Waals surface area contributed by atoms with Crippen molar-refractivity contribution >= 4 is 16.9 Å². The van der Waals surface area contributed by atoms with Crippen LogP contribution in [0.4, 0.5) is 0 Å². The average Bonchev–Trinajstić information content (AvgIpc) is 2.86. The van der Waals surface area contributed by atoms with Crippen LogP contribution in [0, 0.1) is 6.92 Å². The van der Waals surface area contributed by atoms with Gasteiger partial charge in [0, 0.05) is 11.5 Å². The number of hydrogen-bond donors (Lipinski definition) is 1. The van der Waals surface area contributed by atoms with Crippen LogP contribution in [0.3, 0.4) is 0 Å². The first-order chi connectivity index (χ1) is 11.5. The van der Waals surface area contributed by atoms with Gasteiger partial charge in [-0.1, -0.05) is 0 Å². The molecule has 0 aliphatic carbocycles. The number of benzene rings is 2. The van der Waals surface area contributed by atoms with Crippen LogP contribution in [0.25, 0.3) is 22.2 Å². The number of aromatic nitrogens is 1. The van der Waals surface area contributed by atoms with E-state index in [9.17, 15) is 9.90 Å². The van der Waals surface area contributed by atoms with Crippen LogP contribution in [0.1, 0.15) is 5.56 Å². The Morgan fingerprint density at radius 2 is 1.67 bits per heavy atom. The first-order valence-electron chi connectivity index (χ1n) is 7.58. The zero-order chi connectivity index (χ0) is 17.3. The molecule has 0 unspecified atom stereocenters. The second-order valence-electron chi connectivity index (χ2n) is 5.57. The van der Waals surface area contributed by atoms with Crippen molar-refractivity contribution in [2.24, 2.45) is 0 Å². The number of aryl methyl sites for hydroxylation is 1. The predicted molar refractivity (Wildman–Crippen MR) is 92.9 cm³/mol. The summed E-state index contributed by atoms with van der Waals surface area (Å²) in [7, 11) is 3.22. The third-order valence-electron chi connectivity index (χ3n) is 4.18. The second kappa shape index (κ2) is 6.28. The highest BCUT2D eigenvalue weighted by Crippen LogP contribution is 2.35. The number of carbonyl (C=O) groups is 1. The van der Waals surface area contributed by atoms with Gasteiger partial charge in [-0.05, 0) is 54.4 Å². The molecule has 0 aliphatic heterocycles. The number of rotatable bonds is 5. The number of methoxy groups -OCH3 is 2. The summed E-state index contributed by atoms with van der Waals surface area (Å²) < 4.78 is 12.3. The quantitative estimate of drug-likeness (QED) is 0.776. The maximum atomic E-state index is 11.4. The van der Waals surface area contributed by atoms with Crippen LogP contribution in [0.15, 0.2) is 42.5 Å². The Morgan fingerprint density at radius 3 is 2.25 bits per heavy atom. The molecule has 0 bridgehead atoms. The smallest absolute Gasteiger partial charge is 0.323 e. The van der Waals surface area contributed by atoms with Crippen molar-refractivity contribution in [3.63, 3.8) is 0 Å². The zero-order valence-corrected chi connectivity index (χ0v) is 13.9. The maximum absolute atomic E-state index is 11.4. The first kappa shape index (κ1) is 15.9. The summed E-state index contributed by atoms with van der Waals surface area (Å²) in [6.07, 6.45) is 0. The van der Waals surface area contributed by atoms with Crippen molar-refractivity contribution in [3.8, 4) is 22.8 Å². The highest BCUT2D eigenvalue weighted by Gasteiger charge is 2.18. The number of aliphatic carboxylic acids is 1. The number of carboxylic acid groups (broad SMARTS) is 1. The molecule has 124 valence electrons. The minimum absolute atomic E-state index is 0.112. The Bertz CT molecular complexity index is 894. The molecule has 3 aromatic rings. The van der Waals surface area contributed by atoms with E-state index < -0.39 is 5.97 Å².